The first-order chi connectivity index (χ1) is 9.00. The minimum absolute atomic E-state index is 0.388. The van der Waals surface area contributed by atoms with Crippen LogP contribution in [-0.2, 0) is 19.1 Å². The van der Waals surface area contributed by atoms with Crippen LogP contribution in [0.25, 0.3) is 0 Å². The number of hydrogen-bond acceptors (Lipinski definition) is 4. The largest absolute Gasteiger partial charge is 0.459 e. The molecule has 0 aromatic carbocycles. The van der Waals surface area contributed by atoms with E-state index in [0.717, 1.165) is 0 Å². The van der Waals surface area contributed by atoms with E-state index in [1.165, 1.54) is 0 Å². The molecular weight excluding hydrogens is 397 g/mol. The maximum Gasteiger partial charge on any atom is 0.358 e. The van der Waals surface area contributed by atoms with Gasteiger partial charge in [-0.2, -0.15) is 0 Å². The summed E-state index contributed by atoms with van der Waals surface area (Å²) in [4.78, 5) is 22.7. The quantitative estimate of drug-likeness (QED) is 0.511. The number of halogens is 6. The molecule has 20 heavy (non-hydrogen) atoms. The van der Waals surface area contributed by atoms with Crippen molar-refractivity contribution in [2.45, 2.75) is 45.5 Å². The molecular formula is C10H10Cl6O4. The number of carbonyl (C=O) groups excluding carboxylic acids is 2. The number of esters is 2. The van der Waals surface area contributed by atoms with Crippen molar-refractivity contribution in [1.82, 2.24) is 0 Å². The summed E-state index contributed by atoms with van der Waals surface area (Å²) >= 11 is 32.4. The van der Waals surface area contributed by atoms with Crippen molar-refractivity contribution in [3.05, 3.63) is 0 Å². The van der Waals surface area contributed by atoms with Gasteiger partial charge in [-0.05, 0) is 25.7 Å². The Morgan fingerprint density at radius 2 is 0.950 bits per heavy atom. The first kappa shape index (κ1) is 18.7. The molecule has 1 saturated carbocycles. The van der Waals surface area contributed by atoms with Crippen LogP contribution in [0.1, 0.15) is 25.7 Å². The van der Waals surface area contributed by atoms with E-state index < -0.39 is 19.5 Å². The maximum absolute atomic E-state index is 11.4. The fourth-order valence-corrected chi connectivity index (χ4v) is 1.97. The summed E-state index contributed by atoms with van der Waals surface area (Å²) < 4.78 is 5.85. The highest BCUT2D eigenvalue weighted by atomic mass is 35.6. The molecule has 1 fully saturated rings. The van der Waals surface area contributed by atoms with Crippen LogP contribution in [0.5, 0.6) is 0 Å². The topological polar surface area (TPSA) is 52.6 Å². The predicted molar refractivity (Wildman–Crippen MR) is 78.8 cm³/mol. The number of alkyl halides is 6. The van der Waals surface area contributed by atoms with Crippen molar-refractivity contribution in [2.75, 3.05) is 0 Å². The van der Waals surface area contributed by atoms with Crippen LogP contribution in [-0.4, -0.2) is 31.7 Å². The van der Waals surface area contributed by atoms with Crippen molar-refractivity contribution >= 4 is 81.5 Å². The van der Waals surface area contributed by atoms with Crippen LogP contribution >= 0.6 is 69.6 Å². The molecule has 0 aromatic heterocycles. The third-order valence-electron chi connectivity index (χ3n) is 2.63. The molecule has 4 nitrogen and oxygen atoms in total. The molecule has 0 aliphatic heterocycles. The summed E-state index contributed by atoms with van der Waals surface area (Å²) in [5.41, 5.74) is 0. The van der Waals surface area contributed by atoms with E-state index in [2.05, 4.69) is 0 Å². The van der Waals surface area contributed by atoms with Gasteiger partial charge in [0.15, 0.2) is 0 Å². The van der Waals surface area contributed by atoms with Gasteiger partial charge in [-0.25, -0.2) is 9.59 Å². The van der Waals surface area contributed by atoms with Crippen LogP contribution in [0, 0.1) is 0 Å². The van der Waals surface area contributed by atoms with Crippen LogP contribution in [0.4, 0.5) is 0 Å². The first-order valence-corrected chi connectivity index (χ1v) is 7.82. The Morgan fingerprint density at radius 1 is 0.700 bits per heavy atom. The van der Waals surface area contributed by atoms with Gasteiger partial charge in [-0.15, -0.1) is 0 Å². The lowest BCUT2D eigenvalue weighted by atomic mass is 9.95. The molecule has 0 bridgehead atoms. The Labute approximate surface area is 145 Å². The van der Waals surface area contributed by atoms with Gasteiger partial charge in [0.1, 0.15) is 12.2 Å². The van der Waals surface area contributed by atoms with E-state index in [0.29, 0.717) is 25.7 Å². The Kier molecular flexibility index (Phi) is 6.83. The molecule has 0 unspecified atom stereocenters. The van der Waals surface area contributed by atoms with E-state index in [1.54, 1.807) is 0 Å². The minimum atomic E-state index is -2.10. The molecule has 116 valence electrons. The van der Waals surface area contributed by atoms with Crippen molar-refractivity contribution in [1.29, 1.82) is 0 Å². The number of rotatable bonds is 2. The summed E-state index contributed by atoms with van der Waals surface area (Å²) in [7, 11) is 0. The lowest BCUT2D eigenvalue weighted by molar-refractivity contribution is -0.157. The molecule has 0 atom stereocenters. The Balaban J connectivity index is 2.37. The fraction of sp³-hybridized carbons (Fsp3) is 0.800. The van der Waals surface area contributed by atoms with Gasteiger partial charge in [0.2, 0.25) is 0 Å². The standard InChI is InChI=1S/C10H10Cl6O4/c11-9(12,13)7(17)19-5-1-2-6(4-3-5)20-8(18)10(14,15)16/h5-6H,1-4H2. The zero-order chi connectivity index (χ0) is 15.6. The zero-order valence-electron chi connectivity index (χ0n) is 9.88. The molecule has 0 heterocycles. The Morgan fingerprint density at radius 3 is 1.15 bits per heavy atom. The first-order valence-electron chi connectivity index (χ1n) is 5.55. The van der Waals surface area contributed by atoms with E-state index in [-0.39, 0.29) is 12.2 Å². The second-order valence-electron chi connectivity index (χ2n) is 4.20. The summed E-state index contributed by atoms with van der Waals surface area (Å²) in [6.45, 7) is 0. The monoisotopic (exact) mass is 404 g/mol. The van der Waals surface area contributed by atoms with E-state index >= 15 is 0 Å². The predicted octanol–water partition coefficient (Wildman–Crippen LogP) is 4.12. The summed E-state index contributed by atoms with van der Waals surface area (Å²) in [6, 6.07) is 0. The van der Waals surface area contributed by atoms with Crippen LogP contribution in [0.3, 0.4) is 0 Å². The molecule has 0 amide bonds. The van der Waals surface area contributed by atoms with Gasteiger partial charge >= 0.3 is 11.9 Å². The number of hydrogen-bond donors (Lipinski definition) is 0. The highest BCUT2D eigenvalue weighted by Crippen LogP contribution is 2.33. The van der Waals surface area contributed by atoms with Crippen LogP contribution in [0.2, 0.25) is 0 Å². The van der Waals surface area contributed by atoms with Crippen molar-refractivity contribution in [3.63, 3.8) is 0 Å². The van der Waals surface area contributed by atoms with Gasteiger partial charge in [0, 0.05) is 0 Å². The van der Waals surface area contributed by atoms with Gasteiger partial charge in [0.25, 0.3) is 7.59 Å². The highest BCUT2D eigenvalue weighted by Gasteiger charge is 2.38. The molecule has 10 heteroatoms. The highest BCUT2D eigenvalue weighted by molar-refractivity contribution is 6.76. The smallest absolute Gasteiger partial charge is 0.358 e. The second kappa shape index (κ2) is 7.30. The maximum atomic E-state index is 11.4. The van der Waals surface area contributed by atoms with Gasteiger partial charge in [-0.1, -0.05) is 69.6 Å². The van der Waals surface area contributed by atoms with Crippen LogP contribution < -0.4 is 0 Å². The normalized spacial score (nSPS) is 24.1. The average Bonchev–Trinajstić information content (AvgIpc) is 2.29. The third-order valence-corrected chi connectivity index (χ3v) is 3.56. The van der Waals surface area contributed by atoms with Crippen molar-refractivity contribution in [3.8, 4) is 0 Å². The molecule has 0 saturated heterocycles. The van der Waals surface area contributed by atoms with Crippen molar-refractivity contribution in [2.24, 2.45) is 0 Å². The van der Waals surface area contributed by atoms with E-state index in [1.807, 2.05) is 0 Å². The zero-order valence-corrected chi connectivity index (χ0v) is 14.4. The molecule has 0 N–H and O–H groups in total. The van der Waals surface area contributed by atoms with E-state index in [4.69, 9.17) is 79.1 Å². The Bertz CT molecular complexity index is 331. The fourth-order valence-electron chi connectivity index (χ4n) is 1.70. The number of ether oxygens (including phenoxy) is 2. The minimum Gasteiger partial charge on any atom is -0.459 e. The molecule has 1 aliphatic rings. The average molecular weight is 407 g/mol. The number of carbonyl (C=O) groups is 2. The molecule has 1 rings (SSSR count). The van der Waals surface area contributed by atoms with Gasteiger partial charge < -0.3 is 9.47 Å². The lowest BCUT2D eigenvalue weighted by Crippen LogP contribution is -2.35. The van der Waals surface area contributed by atoms with Gasteiger partial charge in [-0.3, -0.25) is 0 Å². The SMILES string of the molecule is O=C(OC1CCC(OC(=O)C(Cl)(Cl)Cl)CC1)C(Cl)(Cl)Cl. The van der Waals surface area contributed by atoms with Crippen molar-refractivity contribution < 1.29 is 19.1 Å². The molecule has 0 aromatic rings. The Hall–Kier alpha value is 0.680. The van der Waals surface area contributed by atoms with Gasteiger partial charge in [0.05, 0.1) is 0 Å². The summed E-state index contributed by atoms with van der Waals surface area (Å²) in [6.07, 6.45) is 1.07. The van der Waals surface area contributed by atoms with Crippen LogP contribution in [0.15, 0.2) is 0 Å². The summed E-state index contributed by atoms with van der Waals surface area (Å²) in [5.74, 6) is -1.85. The molecule has 1 aliphatic carbocycles. The third kappa shape index (κ3) is 6.20. The molecule has 0 radical (unpaired) electrons. The summed E-state index contributed by atoms with van der Waals surface area (Å²) in [5, 5.41) is 0. The molecule has 0 spiro atoms. The van der Waals surface area contributed by atoms with E-state index in [9.17, 15) is 9.59 Å². The second-order valence-corrected chi connectivity index (χ2v) is 8.77. The lowest BCUT2D eigenvalue weighted by Gasteiger charge is -2.29.